The van der Waals surface area contributed by atoms with Gasteiger partial charge in [-0.15, -0.1) is 5.10 Å². The molecule has 20 heavy (non-hydrogen) atoms. The van der Waals surface area contributed by atoms with E-state index in [1.807, 2.05) is 0 Å². The summed E-state index contributed by atoms with van der Waals surface area (Å²) in [5.74, 6) is 1.62. The SMILES string of the molecule is Cn1nnnc1SCCNc1nc(N)nc2nc[nH]c12. The van der Waals surface area contributed by atoms with Gasteiger partial charge in [0.1, 0.15) is 5.52 Å². The van der Waals surface area contributed by atoms with Crippen LogP contribution in [0, 0.1) is 0 Å². The number of nitrogens with two attached hydrogens (primary N) is 1. The molecule has 3 rings (SSSR count). The van der Waals surface area contributed by atoms with Crippen LogP contribution >= 0.6 is 11.8 Å². The Kier molecular flexibility index (Phi) is 3.33. The van der Waals surface area contributed by atoms with E-state index in [4.69, 9.17) is 5.73 Å². The molecule has 0 aromatic carbocycles. The molecule has 0 bridgehead atoms. The Morgan fingerprint density at radius 3 is 3.15 bits per heavy atom. The molecule has 3 aromatic rings. The minimum absolute atomic E-state index is 0.192. The van der Waals surface area contributed by atoms with Gasteiger partial charge in [-0.05, 0) is 10.4 Å². The lowest BCUT2D eigenvalue weighted by Crippen LogP contribution is -2.09. The maximum Gasteiger partial charge on any atom is 0.224 e. The molecule has 104 valence electrons. The number of nitrogens with zero attached hydrogens (tertiary/aromatic N) is 7. The minimum atomic E-state index is 0.192. The molecule has 0 spiro atoms. The smallest absolute Gasteiger partial charge is 0.224 e. The number of aromatic nitrogens is 8. The van der Waals surface area contributed by atoms with E-state index in [2.05, 4.69) is 40.8 Å². The lowest BCUT2D eigenvalue weighted by Gasteiger charge is -2.06. The van der Waals surface area contributed by atoms with Crippen molar-refractivity contribution in [3.63, 3.8) is 0 Å². The predicted molar refractivity (Wildman–Crippen MR) is 74.1 cm³/mol. The Hall–Kier alpha value is -2.43. The third kappa shape index (κ3) is 2.47. The van der Waals surface area contributed by atoms with Crippen LogP contribution < -0.4 is 11.1 Å². The summed E-state index contributed by atoms with van der Waals surface area (Å²) in [7, 11) is 1.80. The zero-order chi connectivity index (χ0) is 13.9. The molecule has 0 aliphatic rings. The summed E-state index contributed by atoms with van der Waals surface area (Å²) in [5, 5.41) is 15.2. The van der Waals surface area contributed by atoms with Crippen LogP contribution in [0.15, 0.2) is 11.5 Å². The molecule has 0 unspecified atom stereocenters. The van der Waals surface area contributed by atoms with Crippen molar-refractivity contribution < 1.29 is 0 Å². The van der Waals surface area contributed by atoms with Crippen molar-refractivity contribution in [2.75, 3.05) is 23.3 Å². The average molecular weight is 292 g/mol. The highest BCUT2D eigenvalue weighted by molar-refractivity contribution is 7.99. The number of rotatable bonds is 5. The summed E-state index contributed by atoms with van der Waals surface area (Å²) in [4.78, 5) is 15.2. The maximum absolute atomic E-state index is 5.63. The number of H-pyrrole nitrogens is 1. The van der Waals surface area contributed by atoms with Crippen LogP contribution in [0.25, 0.3) is 11.2 Å². The quantitative estimate of drug-likeness (QED) is 0.426. The molecular formula is C9H12N10S. The van der Waals surface area contributed by atoms with Crippen LogP contribution in [0.5, 0.6) is 0 Å². The van der Waals surface area contributed by atoms with Gasteiger partial charge in [0, 0.05) is 19.3 Å². The average Bonchev–Trinajstić information content (AvgIpc) is 3.03. The second-order valence-corrected chi connectivity index (χ2v) is 4.95. The largest absolute Gasteiger partial charge is 0.368 e. The second-order valence-electron chi connectivity index (χ2n) is 3.89. The summed E-state index contributed by atoms with van der Waals surface area (Å²) < 4.78 is 1.63. The fourth-order valence-electron chi connectivity index (χ4n) is 1.63. The number of nitrogens with one attached hydrogen (secondary N) is 2. The van der Waals surface area contributed by atoms with Crippen molar-refractivity contribution in [2.45, 2.75) is 5.16 Å². The zero-order valence-corrected chi connectivity index (χ0v) is 11.4. The number of imidazole rings is 1. The van der Waals surface area contributed by atoms with Gasteiger partial charge in [0.2, 0.25) is 11.1 Å². The molecule has 3 heterocycles. The molecule has 4 N–H and O–H groups in total. The van der Waals surface area contributed by atoms with Gasteiger partial charge in [0.05, 0.1) is 6.33 Å². The molecule has 10 nitrogen and oxygen atoms in total. The van der Waals surface area contributed by atoms with Crippen LogP contribution in [0.2, 0.25) is 0 Å². The Morgan fingerprint density at radius 1 is 1.45 bits per heavy atom. The van der Waals surface area contributed by atoms with E-state index >= 15 is 0 Å². The summed E-state index contributed by atoms with van der Waals surface area (Å²) >= 11 is 1.55. The van der Waals surface area contributed by atoms with Gasteiger partial charge in [-0.25, -0.2) is 9.67 Å². The molecule has 11 heteroatoms. The lowest BCUT2D eigenvalue weighted by molar-refractivity contribution is 0.664. The monoisotopic (exact) mass is 292 g/mol. The molecule has 0 aliphatic carbocycles. The van der Waals surface area contributed by atoms with E-state index in [-0.39, 0.29) is 5.95 Å². The standard InChI is InChI=1S/C9H12N10S/c1-19-9(16-17-18-19)20-3-2-11-6-5-7(13-4-12-5)15-8(10)14-6/h4H,2-3H2,1H3,(H4,10,11,12,13,14,15). The third-order valence-corrected chi connectivity index (χ3v) is 3.52. The number of nitrogen functional groups attached to an aromatic ring is 1. The zero-order valence-electron chi connectivity index (χ0n) is 10.6. The molecule has 0 saturated heterocycles. The van der Waals surface area contributed by atoms with Gasteiger partial charge < -0.3 is 16.0 Å². The highest BCUT2D eigenvalue weighted by Crippen LogP contribution is 2.18. The summed E-state index contributed by atoms with van der Waals surface area (Å²) in [6.45, 7) is 0.683. The minimum Gasteiger partial charge on any atom is -0.368 e. The Bertz CT molecular complexity index is 718. The highest BCUT2D eigenvalue weighted by Gasteiger charge is 2.08. The van der Waals surface area contributed by atoms with Gasteiger partial charge in [0.15, 0.2) is 11.5 Å². The first-order valence-corrected chi connectivity index (χ1v) is 6.78. The number of anilines is 2. The van der Waals surface area contributed by atoms with E-state index in [9.17, 15) is 0 Å². The number of aromatic amines is 1. The number of fused-ring (bicyclic) bond motifs is 1. The topological polar surface area (TPSA) is 136 Å². The van der Waals surface area contributed by atoms with Crippen LogP contribution in [0.4, 0.5) is 11.8 Å². The van der Waals surface area contributed by atoms with Crippen molar-refractivity contribution >= 4 is 34.7 Å². The molecule has 0 aliphatic heterocycles. The number of hydrogen-bond acceptors (Lipinski definition) is 9. The van der Waals surface area contributed by atoms with Crippen molar-refractivity contribution in [3.8, 4) is 0 Å². The van der Waals surface area contributed by atoms with Crippen molar-refractivity contribution in [2.24, 2.45) is 7.05 Å². The fraction of sp³-hybridized carbons (Fsp3) is 0.333. The van der Waals surface area contributed by atoms with Gasteiger partial charge in [-0.2, -0.15) is 9.97 Å². The Labute approximate surface area is 117 Å². The van der Waals surface area contributed by atoms with Gasteiger partial charge in [0.25, 0.3) is 0 Å². The van der Waals surface area contributed by atoms with Crippen LogP contribution in [-0.4, -0.2) is 52.4 Å². The van der Waals surface area contributed by atoms with Crippen molar-refractivity contribution in [3.05, 3.63) is 6.33 Å². The third-order valence-electron chi connectivity index (χ3n) is 2.51. The van der Waals surface area contributed by atoms with E-state index < -0.39 is 0 Å². The van der Waals surface area contributed by atoms with Crippen LogP contribution in [0.1, 0.15) is 0 Å². The summed E-state index contributed by atoms with van der Waals surface area (Å²) in [6.07, 6.45) is 1.56. The van der Waals surface area contributed by atoms with E-state index in [1.54, 1.807) is 29.8 Å². The van der Waals surface area contributed by atoms with Crippen molar-refractivity contribution in [1.29, 1.82) is 0 Å². The molecule has 0 radical (unpaired) electrons. The normalized spacial score (nSPS) is 11.1. The summed E-state index contributed by atoms with van der Waals surface area (Å²) in [5.41, 5.74) is 6.92. The number of tetrazole rings is 1. The Morgan fingerprint density at radius 2 is 2.35 bits per heavy atom. The molecule has 0 amide bonds. The first kappa shape index (κ1) is 12.6. The fourth-order valence-corrected chi connectivity index (χ4v) is 2.34. The first-order chi connectivity index (χ1) is 9.74. The highest BCUT2D eigenvalue weighted by atomic mass is 32.2. The number of aryl methyl sites for hydroxylation is 1. The lowest BCUT2D eigenvalue weighted by atomic mass is 10.5. The second kappa shape index (κ2) is 5.28. The van der Waals surface area contributed by atoms with E-state index in [0.29, 0.717) is 18.0 Å². The van der Waals surface area contributed by atoms with Crippen molar-refractivity contribution in [1.82, 2.24) is 40.1 Å². The number of thioether (sulfide) groups is 1. The van der Waals surface area contributed by atoms with E-state index in [1.165, 1.54) is 0 Å². The van der Waals surface area contributed by atoms with E-state index in [0.717, 1.165) is 16.4 Å². The molecular weight excluding hydrogens is 280 g/mol. The molecule has 3 aromatic heterocycles. The van der Waals surface area contributed by atoms with Crippen LogP contribution in [-0.2, 0) is 7.05 Å². The summed E-state index contributed by atoms with van der Waals surface area (Å²) in [6, 6.07) is 0. The van der Waals surface area contributed by atoms with Gasteiger partial charge >= 0.3 is 0 Å². The van der Waals surface area contributed by atoms with Crippen LogP contribution in [0.3, 0.4) is 0 Å². The molecule has 0 saturated carbocycles. The van der Waals surface area contributed by atoms with Gasteiger partial charge in [-0.3, -0.25) is 0 Å². The van der Waals surface area contributed by atoms with Gasteiger partial charge in [-0.1, -0.05) is 11.8 Å². The Balaban J connectivity index is 1.62. The molecule has 0 fully saturated rings. The predicted octanol–water partition coefficient (Wildman–Crippen LogP) is -0.337. The molecule has 0 atom stereocenters. The number of hydrogen-bond donors (Lipinski definition) is 3. The maximum atomic E-state index is 5.63. The first-order valence-electron chi connectivity index (χ1n) is 5.79.